The summed E-state index contributed by atoms with van der Waals surface area (Å²) in [5, 5.41) is 0.766. The summed E-state index contributed by atoms with van der Waals surface area (Å²) < 4.78 is 0. The second-order valence-corrected chi connectivity index (χ2v) is 5.44. The van der Waals surface area contributed by atoms with Gasteiger partial charge in [-0.15, -0.1) is 0 Å². The summed E-state index contributed by atoms with van der Waals surface area (Å²) in [6.07, 6.45) is 1.84. The van der Waals surface area contributed by atoms with Gasteiger partial charge in [-0.3, -0.25) is 9.88 Å². The first-order chi connectivity index (χ1) is 9.60. The molecular formula is C16H20ClN3. The third-order valence-electron chi connectivity index (χ3n) is 3.55. The van der Waals surface area contributed by atoms with Gasteiger partial charge in [0.25, 0.3) is 0 Å². The molecule has 0 saturated carbocycles. The predicted octanol–water partition coefficient (Wildman–Crippen LogP) is 3.39. The van der Waals surface area contributed by atoms with Crippen LogP contribution in [-0.2, 0) is 13.1 Å². The van der Waals surface area contributed by atoms with Gasteiger partial charge < -0.3 is 5.73 Å². The average Bonchev–Trinajstić information content (AvgIpc) is 2.48. The van der Waals surface area contributed by atoms with Crippen molar-refractivity contribution in [2.24, 2.45) is 5.73 Å². The molecule has 3 nitrogen and oxygen atoms in total. The van der Waals surface area contributed by atoms with E-state index in [1.807, 2.05) is 30.5 Å². The van der Waals surface area contributed by atoms with E-state index in [1.165, 1.54) is 5.56 Å². The number of hydrogen-bond acceptors (Lipinski definition) is 3. The molecule has 2 aromatic rings. The van der Waals surface area contributed by atoms with E-state index in [2.05, 4.69) is 36.0 Å². The summed E-state index contributed by atoms with van der Waals surface area (Å²) in [7, 11) is 2.10. The Labute approximate surface area is 125 Å². The van der Waals surface area contributed by atoms with Gasteiger partial charge in [0.15, 0.2) is 0 Å². The van der Waals surface area contributed by atoms with E-state index in [9.17, 15) is 0 Å². The fourth-order valence-corrected chi connectivity index (χ4v) is 2.18. The summed E-state index contributed by atoms with van der Waals surface area (Å²) in [4.78, 5) is 6.69. The molecule has 0 bridgehead atoms. The zero-order valence-corrected chi connectivity index (χ0v) is 12.6. The lowest BCUT2D eigenvalue weighted by atomic mass is 10.1. The molecule has 0 amide bonds. The molecule has 1 unspecified atom stereocenters. The zero-order valence-electron chi connectivity index (χ0n) is 11.9. The Morgan fingerprint density at radius 2 is 1.90 bits per heavy atom. The predicted molar refractivity (Wildman–Crippen MR) is 83.5 cm³/mol. The van der Waals surface area contributed by atoms with Crippen LogP contribution in [0.15, 0.2) is 42.6 Å². The molecule has 2 rings (SSSR count). The summed E-state index contributed by atoms with van der Waals surface area (Å²) in [5.74, 6) is 0. The number of rotatable bonds is 5. The van der Waals surface area contributed by atoms with Crippen LogP contribution in [0.2, 0.25) is 5.02 Å². The molecule has 0 aliphatic heterocycles. The summed E-state index contributed by atoms with van der Waals surface area (Å²) in [5.41, 5.74) is 8.93. The number of hydrogen-bond donors (Lipinski definition) is 1. The number of nitrogens with zero attached hydrogens (tertiary/aromatic N) is 2. The van der Waals surface area contributed by atoms with Crippen molar-refractivity contribution in [3.05, 3.63) is 64.4 Å². The first-order valence-corrected chi connectivity index (χ1v) is 7.07. The van der Waals surface area contributed by atoms with Crippen molar-refractivity contribution in [1.29, 1.82) is 0 Å². The molecule has 1 aromatic carbocycles. The minimum Gasteiger partial charge on any atom is -0.326 e. The topological polar surface area (TPSA) is 42.1 Å². The lowest BCUT2D eigenvalue weighted by molar-refractivity contribution is 0.250. The first kappa shape index (κ1) is 15.0. The number of pyridine rings is 1. The number of benzene rings is 1. The normalized spacial score (nSPS) is 12.7. The fraction of sp³-hybridized carbons (Fsp3) is 0.312. The molecule has 1 aromatic heterocycles. The van der Waals surface area contributed by atoms with Crippen molar-refractivity contribution in [3.63, 3.8) is 0 Å². The van der Waals surface area contributed by atoms with Crippen LogP contribution in [0, 0.1) is 0 Å². The van der Waals surface area contributed by atoms with Crippen LogP contribution in [-0.4, -0.2) is 16.9 Å². The van der Waals surface area contributed by atoms with E-state index in [4.69, 9.17) is 17.3 Å². The zero-order chi connectivity index (χ0) is 14.5. The van der Waals surface area contributed by atoms with Crippen LogP contribution in [0.25, 0.3) is 0 Å². The monoisotopic (exact) mass is 289 g/mol. The van der Waals surface area contributed by atoms with Gasteiger partial charge in [0.1, 0.15) is 0 Å². The molecule has 2 N–H and O–H groups in total. The molecule has 0 saturated heterocycles. The van der Waals surface area contributed by atoms with Crippen molar-refractivity contribution in [3.8, 4) is 0 Å². The van der Waals surface area contributed by atoms with Gasteiger partial charge in [0, 0.05) is 30.4 Å². The Kier molecular flexibility index (Phi) is 5.12. The molecule has 1 atom stereocenters. The van der Waals surface area contributed by atoms with Gasteiger partial charge in [0.2, 0.25) is 0 Å². The van der Waals surface area contributed by atoms with Crippen molar-refractivity contribution in [2.75, 3.05) is 7.05 Å². The summed E-state index contributed by atoms with van der Waals surface area (Å²) >= 11 is 5.92. The largest absolute Gasteiger partial charge is 0.326 e. The van der Waals surface area contributed by atoms with Gasteiger partial charge in [0.05, 0.1) is 5.69 Å². The number of halogens is 1. The van der Waals surface area contributed by atoms with Crippen LogP contribution in [0.1, 0.15) is 29.8 Å². The Balaban J connectivity index is 2.02. The molecular weight excluding hydrogens is 270 g/mol. The van der Waals surface area contributed by atoms with Crippen LogP contribution < -0.4 is 5.73 Å². The van der Waals surface area contributed by atoms with E-state index in [0.29, 0.717) is 12.6 Å². The third kappa shape index (κ3) is 3.79. The Hall–Kier alpha value is -1.42. The highest BCUT2D eigenvalue weighted by Gasteiger charge is 2.12. The van der Waals surface area contributed by atoms with E-state index >= 15 is 0 Å². The van der Waals surface area contributed by atoms with Gasteiger partial charge in [-0.1, -0.05) is 29.8 Å². The van der Waals surface area contributed by atoms with Gasteiger partial charge in [-0.25, -0.2) is 0 Å². The van der Waals surface area contributed by atoms with Crippen LogP contribution >= 0.6 is 11.6 Å². The Bertz CT molecular complexity index is 537. The SMILES string of the molecule is CC(c1ccc(Cl)cc1)N(C)Cc1ccc(CN)cn1. The molecule has 0 fully saturated rings. The van der Waals surface area contributed by atoms with E-state index in [1.54, 1.807) is 0 Å². The highest BCUT2D eigenvalue weighted by molar-refractivity contribution is 6.30. The molecule has 20 heavy (non-hydrogen) atoms. The maximum Gasteiger partial charge on any atom is 0.0544 e. The third-order valence-corrected chi connectivity index (χ3v) is 3.80. The molecule has 0 radical (unpaired) electrons. The highest BCUT2D eigenvalue weighted by Crippen LogP contribution is 2.22. The van der Waals surface area contributed by atoms with Crippen molar-refractivity contribution in [2.45, 2.75) is 26.1 Å². The second kappa shape index (κ2) is 6.84. The van der Waals surface area contributed by atoms with Gasteiger partial charge in [-0.05, 0) is 43.3 Å². The smallest absolute Gasteiger partial charge is 0.0544 e. The molecule has 106 valence electrons. The molecule has 4 heteroatoms. The molecule has 0 aliphatic carbocycles. The van der Waals surface area contributed by atoms with Crippen LogP contribution in [0.5, 0.6) is 0 Å². The second-order valence-electron chi connectivity index (χ2n) is 5.00. The van der Waals surface area contributed by atoms with Gasteiger partial charge in [-0.2, -0.15) is 0 Å². The van der Waals surface area contributed by atoms with E-state index in [-0.39, 0.29) is 0 Å². The Morgan fingerprint density at radius 1 is 1.20 bits per heavy atom. The summed E-state index contributed by atoms with van der Waals surface area (Å²) in [6.45, 7) is 3.51. The maximum atomic E-state index is 5.92. The van der Waals surface area contributed by atoms with Crippen LogP contribution in [0.4, 0.5) is 0 Å². The number of nitrogens with two attached hydrogens (primary N) is 1. The lowest BCUT2D eigenvalue weighted by Gasteiger charge is -2.24. The average molecular weight is 290 g/mol. The first-order valence-electron chi connectivity index (χ1n) is 6.69. The number of aromatic nitrogens is 1. The summed E-state index contributed by atoms with van der Waals surface area (Å²) in [6, 6.07) is 12.4. The standard InChI is InChI=1S/C16H20ClN3/c1-12(14-4-6-15(17)7-5-14)20(2)11-16-8-3-13(9-18)10-19-16/h3-8,10,12H,9,11,18H2,1-2H3. The lowest BCUT2D eigenvalue weighted by Crippen LogP contribution is -2.22. The molecule has 0 spiro atoms. The maximum absolute atomic E-state index is 5.92. The van der Waals surface area contributed by atoms with Crippen molar-refractivity contribution >= 4 is 11.6 Å². The molecule has 0 aliphatic rings. The van der Waals surface area contributed by atoms with E-state index in [0.717, 1.165) is 22.8 Å². The quantitative estimate of drug-likeness (QED) is 0.917. The minimum atomic E-state index is 0.309. The van der Waals surface area contributed by atoms with Crippen LogP contribution in [0.3, 0.4) is 0 Å². The molecule has 1 heterocycles. The van der Waals surface area contributed by atoms with Crippen molar-refractivity contribution in [1.82, 2.24) is 9.88 Å². The minimum absolute atomic E-state index is 0.309. The van der Waals surface area contributed by atoms with Gasteiger partial charge >= 0.3 is 0 Å². The fourth-order valence-electron chi connectivity index (χ4n) is 2.06. The Morgan fingerprint density at radius 3 is 2.45 bits per heavy atom. The van der Waals surface area contributed by atoms with Crippen molar-refractivity contribution < 1.29 is 0 Å². The highest BCUT2D eigenvalue weighted by atomic mass is 35.5. The van der Waals surface area contributed by atoms with E-state index < -0.39 is 0 Å².